The van der Waals surface area contributed by atoms with Crippen molar-refractivity contribution in [3.63, 3.8) is 0 Å². The van der Waals surface area contributed by atoms with Crippen molar-refractivity contribution >= 4 is 6.09 Å². The van der Waals surface area contributed by atoms with Crippen molar-refractivity contribution in [3.8, 4) is 0 Å². The number of fused-ring (bicyclic) bond motifs is 1. The van der Waals surface area contributed by atoms with Gasteiger partial charge in [0, 0.05) is 12.8 Å². The number of nitrogens with zero attached hydrogens (tertiary/aromatic N) is 1. The number of rotatable bonds is 1. The van der Waals surface area contributed by atoms with Crippen molar-refractivity contribution in [3.05, 3.63) is 0 Å². The Morgan fingerprint density at radius 1 is 1.50 bits per heavy atom. The third kappa shape index (κ3) is 1.67. The molecular weight excluding hydrogens is 213 g/mol. The summed E-state index contributed by atoms with van der Waals surface area (Å²) < 4.78 is 19.0. The second-order valence-corrected chi connectivity index (χ2v) is 5.95. The van der Waals surface area contributed by atoms with Gasteiger partial charge >= 0.3 is 6.09 Å². The molecule has 3 fully saturated rings. The van der Waals surface area contributed by atoms with E-state index in [1.54, 1.807) is 20.8 Å². The van der Waals surface area contributed by atoms with Gasteiger partial charge < -0.3 is 9.84 Å². The highest BCUT2D eigenvalue weighted by atomic mass is 19.1. The van der Waals surface area contributed by atoms with Crippen molar-refractivity contribution < 1.29 is 19.0 Å². The Labute approximate surface area is 94.4 Å². The molecule has 92 valence electrons. The number of alkyl halides is 1. The number of aliphatic hydroxyl groups excluding tert-OH is 1. The van der Waals surface area contributed by atoms with Crippen LogP contribution in [0.4, 0.5) is 9.18 Å². The summed E-state index contributed by atoms with van der Waals surface area (Å²) in [4.78, 5) is 13.2. The van der Waals surface area contributed by atoms with Gasteiger partial charge in [-0.15, -0.1) is 0 Å². The van der Waals surface area contributed by atoms with Crippen molar-refractivity contribution in [2.45, 2.75) is 50.4 Å². The molecule has 2 bridgehead atoms. The molecular formula is C11H18FNO3. The molecule has 0 aromatic rings. The second-order valence-electron chi connectivity index (χ2n) is 5.95. The Hall–Kier alpha value is -0.840. The van der Waals surface area contributed by atoms with Crippen LogP contribution in [-0.4, -0.2) is 46.1 Å². The molecule has 2 aliphatic heterocycles. The highest BCUT2D eigenvalue weighted by Crippen LogP contribution is 2.55. The number of ether oxygens (including phenoxy) is 1. The van der Waals surface area contributed by atoms with Crippen molar-refractivity contribution in [1.82, 2.24) is 4.90 Å². The van der Waals surface area contributed by atoms with Gasteiger partial charge in [0.15, 0.2) is 0 Å². The van der Waals surface area contributed by atoms with E-state index in [0.29, 0.717) is 0 Å². The summed E-state index contributed by atoms with van der Waals surface area (Å²) in [5, 5.41) is 9.28. The van der Waals surface area contributed by atoms with Gasteiger partial charge in [0.05, 0.1) is 18.7 Å². The summed E-state index contributed by atoms with van der Waals surface area (Å²) >= 11 is 0. The van der Waals surface area contributed by atoms with Gasteiger partial charge in [-0.25, -0.2) is 9.18 Å². The molecule has 1 saturated carbocycles. The molecule has 0 unspecified atom stereocenters. The first-order valence-corrected chi connectivity index (χ1v) is 5.50. The van der Waals surface area contributed by atoms with Gasteiger partial charge in [0.25, 0.3) is 0 Å². The molecule has 2 saturated heterocycles. The lowest BCUT2D eigenvalue weighted by Gasteiger charge is -2.42. The Bertz CT molecular complexity index is 318. The molecule has 3 rings (SSSR count). The highest BCUT2D eigenvalue weighted by molar-refractivity contribution is 5.71. The van der Waals surface area contributed by atoms with Crippen LogP contribution in [0.1, 0.15) is 33.6 Å². The maximum absolute atomic E-state index is 13.8. The molecule has 3 aliphatic rings. The van der Waals surface area contributed by atoms with E-state index >= 15 is 0 Å². The average Bonchev–Trinajstić information content (AvgIpc) is 2.50. The summed E-state index contributed by atoms with van der Waals surface area (Å²) in [6, 6.07) is 0. The Morgan fingerprint density at radius 3 is 2.50 bits per heavy atom. The molecule has 0 aromatic heterocycles. The van der Waals surface area contributed by atoms with Crippen molar-refractivity contribution in [1.29, 1.82) is 0 Å². The molecule has 1 amide bonds. The largest absolute Gasteiger partial charge is 0.444 e. The molecule has 4 nitrogen and oxygen atoms in total. The Kier molecular flexibility index (Phi) is 2.25. The molecule has 5 heteroatoms. The molecule has 1 aliphatic carbocycles. The van der Waals surface area contributed by atoms with Gasteiger partial charge in [-0.1, -0.05) is 0 Å². The fourth-order valence-corrected chi connectivity index (χ4v) is 2.65. The molecule has 16 heavy (non-hydrogen) atoms. The van der Waals surface area contributed by atoms with Gasteiger partial charge in [-0.3, -0.25) is 4.90 Å². The van der Waals surface area contributed by atoms with Crippen LogP contribution in [0.25, 0.3) is 0 Å². The minimum absolute atomic E-state index is 0.0441. The number of carbonyl (C=O) groups is 1. The first kappa shape index (κ1) is 11.6. The minimum Gasteiger partial charge on any atom is -0.444 e. The highest BCUT2D eigenvalue weighted by Gasteiger charge is 2.68. The smallest absolute Gasteiger partial charge is 0.410 e. The van der Waals surface area contributed by atoms with Crippen LogP contribution in [-0.2, 0) is 4.74 Å². The quantitative estimate of drug-likeness (QED) is 0.743. The minimum atomic E-state index is -1.31. The zero-order chi connectivity index (χ0) is 12.2. The number of halogens is 1. The summed E-state index contributed by atoms with van der Waals surface area (Å²) in [5.74, 6) is 0. The average molecular weight is 231 g/mol. The van der Waals surface area contributed by atoms with Crippen LogP contribution in [0.15, 0.2) is 0 Å². The first-order valence-electron chi connectivity index (χ1n) is 5.50. The van der Waals surface area contributed by atoms with Gasteiger partial charge in [-0.05, 0) is 20.8 Å². The number of hydrogen-bond donors (Lipinski definition) is 1. The standard InChI is InChI=1S/C11H18FNO3/c1-9(2,3)16-8(15)13-6-10(12)4-11(13,5-10)7-14/h14H,4-7H2,1-3H3. The van der Waals surface area contributed by atoms with Crippen molar-refractivity contribution in [2.75, 3.05) is 13.2 Å². The van der Waals surface area contributed by atoms with Gasteiger partial charge in [0.1, 0.15) is 11.3 Å². The van der Waals surface area contributed by atoms with Crippen LogP contribution in [0.5, 0.6) is 0 Å². The van der Waals surface area contributed by atoms with Crippen molar-refractivity contribution in [2.24, 2.45) is 0 Å². The van der Waals surface area contributed by atoms with Gasteiger partial charge in [-0.2, -0.15) is 0 Å². The predicted molar refractivity (Wildman–Crippen MR) is 55.8 cm³/mol. The molecule has 2 heterocycles. The molecule has 1 N–H and O–H groups in total. The third-order valence-electron chi connectivity index (χ3n) is 3.21. The van der Waals surface area contributed by atoms with Crippen LogP contribution in [0.3, 0.4) is 0 Å². The van der Waals surface area contributed by atoms with Crippen LogP contribution in [0.2, 0.25) is 0 Å². The van der Waals surface area contributed by atoms with E-state index in [1.165, 1.54) is 4.90 Å². The molecule has 0 spiro atoms. The normalized spacial score (nSPS) is 37.2. The first-order chi connectivity index (χ1) is 7.20. The maximum atomic E-state index is 13.8. The van der Waals surface area contributed by atoms with E-state index in [4.69, 9.17) is 4.74 Å². The summed E-state index contributed by atoms with van der Waals surface area (Å²) in [7, 11) is 0. The zero-order valence-electron chi connectivity index (χ0n) is 9.92. The maximum Gasteiger partial charge on any atom is 0.410 e. The number of carbonyl (C=O) groups excluding carboxylic acids is 1. The van der Waals surface area contributed by atoms with Crippen LogP contribution in [0, 0.1) is 0 Å². The summed E-state index contributed by atoms with van der Waals surface area (Å²) in [6.45, 7) is 5.15. The van der Waals surface area contributed by atoms with E-state index in [9.17, 15) is 14.3 Å². The Balaban J connectivity index is 2.08. The van der Waals surface area contributed by atoms with Crippen LogP contribution < -0.4 is 0 Å². The monoisotopic (exact) mass is 231 g/mol. The lowest BCUT2D eigenvalue weighted by Crippen LogP contribution is -2.55. The summed E-state index contributed by atoms with van der Waals surface area (Å²) in [6.07, 6.45) is -0.0653. The predicted octanol–water partition coefficient (Wildman–Crippen LogP) is 1.47. The molecule has 0 aromatic carbocycles. The fraction of sp³-hybridized carbons (Fsp3) is 0.909. The molecule has 0 atom stereocenters. The zero-order valence-corrected chi connectivity index (χ0v) is 9.92. The number of aliphatic hydroxyl groups is 1. The topological polar surface area (TPSA) is 49.8 Å². The molecule has 0 radical (unpaired) electrons. The van der Waals surface area contributed by atoms with Gasteiger partial charge in [0.2, 0.25) is 0 Å². The lowest BCUT2D eigenvalue weighted by molar-refractivity contribution is -0.0265. The Morgan fingerprint density at radius 2 is 2.06 bits per heavy atom. The summed E-state index contributed by atoms with van der Waals surface area (Å²) in [5.41, 5.74) is -2.61. The fourth-order valence-electron chi connectivity index (χ4n) is 2.65. The van der Waals surface area contributed by atoms with E-state index in [2.05, 4.69) is 0 Å². The SMILES string of the molecule is CC(C)(C)OC(=O)N1CC2(F)CC1(CO)C2. The van der Waals surface area contributed by atoms with E-state index in [1.807, 2.05) is 0 Å². The lowest BCUT2D eigenvalue weighted by atomic mass is 9.71. The van der Waals surface area contributed by atoms with Crippen LogP contribution >= 0.6 is 0 Å². The number of amides is 1. The van der Waals surface area contributed by atoms with E-state index < -0.39 is 22.9 Å². The van der Waals surface area contributed by atoms with E-state index in [-0.39, 0.29) is 26.0 Å². The van der Waals surface area contributed by atoms with E-state index in [0.717, 1.165) is 0 Å². The second kappa shape index (κ2) is 3.09. The number of hydrogen-bond acceptors (Lipinski definition) is 3. The third-order valence-corrected chi connectivity index (χ3v) is 3.21.